The molecule has 1 aliphatic carbocycles. The first-order valence-electron chi connectivity index (χ1n) is 5.15. The van der Waals surface area contributed by atoms with Gasteiger partial charge in [-0.2, -0.15) is 0 Å². The third kappa shape index (κ3) is 1.52. The maximum absolute atomic E-state index is 11.8. The minimum absolute atomic E-state index is 0.0703. The fourth-order valence-corrected chi connectivity index (χ4v) is 3.23. The number of nitrogens with one attached hydrogen (secondary N) is 2. The molecule has 1 saturated carbocycles. The summed E-state index contributed by atoms with van der Waals surface area (Å²) >= 11 is 4.98. The largest absolute Gasteiger partial charge is 0.348 e. The monoisotopic (exact) mass is 212 g/mol. The Morgan fingerprint density at radius 3 is 2.36 bits per heavy atom. The third-order valence-electron chi connectivity index (χ3n) is 3.21. The topological polar surface area (TPSA) is 41.1 Å². The zero-order chi connectivity index (χ0) is 10.3. The van der Waals surface area contributed by atoms with E-state index < -0.39 is 5.54 Å². The Kier molecular flexibility index (Phi) is 2.26. The van der Waals surface area contributed by atoms with Crippen LogP contribution in [0.2, 0.25) is 0 Å². The molecule has 0 radical (unpaired) electrons. The molecular weight excluding hydrogens is 196 g/mol. The van der Waals surface area contributed by atoms with Crippen molar-refractivity contribution in [3.8, 4) is 0 Å². The number of hydrogen-bond donors (Lipinski definition) is 2. The summed E-state index contributed by atoms with van der Waals surface area (Å²) in [5, 5.41) is 6.35. The van der Waals surface area contributed by atoms with Crippen molar-refractivity contribution in [2.45, 2.75) is 38.6 Å². The van der Waals surface area contributed by atoms with E-state index in [1.54, 1.807) is 0 Å². The number of thiocarbonyl (C=S) groups is 1. The van der Waals surface area contributed by atoms with Gasteiger partial charge in [0.2, 0.25) is 0 Å². The number of amides is 1. The van der Waals surface area contributed by atoms with Crippen LogP contribution in [0.25, 0.3) is 0 Å². The summed E-state index contributed by atoms with van der Waals surface area (Å²) in [5.41, 5.74) is -0.395. The molecule has 1 heterocycles. The lowest BCUT2D eigenvalue weighted by molar-refractivity contribution is -0.126. The highest BCUT2D eigenvalue weighted by Crippen LogP contribution is 2.37. The Morgan fingerprint density at radius 2 is 1.93 bits per heavy atom. The lowest BCUT2D eigenvalue weighted by atomic mass is 9.72. The molecule has 0 aromatic heterocycles. The van der Waals surface area contributed by atoms with Crippen molar-refractivity contribution in [1.82, 2.24) is 10.6 Å². The van der Waals surface area contributed by atoms with Crippen LogP contribution in [0.3, 0.4) is 0 Å². The summed E-state index contributed by atoms with van der Waals surface area (Å²) in [6.07, 6.45) is 3.02. The summed E-state index contributed by atoms with van der Waals surface area (Å²) in [5.74, 6) is 1.26. The van der Waals surface area contributed by atoms with Gasteiger partial charge in [0.15, 0.2) is 5.11 Å². The highest BCUT2D eigenvalue weighted by molar-refractivity contribution is 7.80. The van der Waals surface area contributed by atoms with Gasteiger partial charge in [-0.25, -0.2) is 0 Å². The molecule has 1 aliphatic heterocycles. The summed E-state index contributed by atoms with van der Waals surface area (Å²) in [7, 11) is 0. The molecule has 2 N–H and O–H groups in total. The van der Waals surface area contributed by atoms with E-state index in [-0.39, 0.29) is 5.91 Å². The van der Waals surface area contributed by atoms with Crippen LogP contribution in [-0.2, 0) is 4.79 Å². The number of carbonyl (C=O) groups excluding carboxylic acids is 1. The van der Waals surface area contributed by atoms with Crippen molar-refractivity contribution in [3.05, 3.63) is 0 Å². The first-order valence-corrected chi connectivity index (χ1v) is 5.56. The Balaban J connectivity index is 2.22. The van der Waals surface area contributed by atoms with E-state index in [0.29, 0.717) is 16.9 Å². The zero-order valence-corrected chi connectivity index (χ0v) is 9.41. The van der Waals surface area contributed by atoms with Gasteiger partial charge in [0, 0.05) is 0 Å². The molecule has 0 aromatic carbocycles. The van der Waals surface area contributed by atoms with Gasteiger partial charge in [-0.05, 0) is 43.3 Å². The van der Waals surface area contributed by atoms with E-state index in [2.05, 4.69) is 24.5 Å². The maximum Gasteiger partial charge on any atom is 0.251 e. The van der Waals surface area contributed by atoms with Crippen molar-refractivity contribution < 1.29 is 4.79 Å². The smallest absolute Gasteiger partial charge is 0.251 e. The average Bonchev–Trinajstić information content (AvgIpc) is 2.23. The SMILES string of the molecule is CC1CC(C)CC2(C1)NC(=S)NC2=O. The third-order valence-corrected chi connectivity index (χ3v) is 3.42. The molecule has 4 heteroatoms. The summed E-state index contributed by atoms with van der Waals surface area (Å²) in [4.78, 5) is 11.8. The normalized spacial score (nSPS) is 42.4. The summed E-state index contributed by atoms with van der Waals surface area (Å²) in [6.45, 7) is 4.40. The van der Waals surface area contributed by atoms with Gasteiger partial charge >= 0.3 is 0 Å². The standard InChI is InChI=1S/C10H16N2OS/c1-6-3-7(2)5-10(4-6)8(13)11-9(14)12-10/h6-7H,3-5H2,1-2H3,(H2,11,12,13,14). The van der Waals surface area contributed by atoms with E-state index in [1.807, 2.05) is 0 Å². The van der Waals surface area contributed by atoms with Crippen LogP contribution in [0, 0.1) is 11.8 Å². The number of hydrogen-bond acceptors (Lipinski definition) is 2. The van der Waals surface area contributed by atoms with Gasteiger partial charge < -0.3 is 10.6 Å². The second-order valence-electron chi connectivity index (χ2n) is 4.84. The lowest BCUT2D eigenvalue weighted by Gasteiger charge is -2.37. The molecule has 78 valence electrons. The second-order valence-corrected chi connectivity index (χ2v) is 5.25. The Morgan fingerprint density at radius 1 is 1.36 bits per heavy atom. The van der Waals surface area contributed by atoms with E-state index >= 15 is 0 Å². The number of carbonyl (C=O) groups is 1. The predicted molar refractivity (Wildman–Crippen MR) is 58.8 cm³/mol. The van der Waals surface area contributed by atoms with Gasteiger partial charge in [0.25, 0.3) is 5.91 Å². The van der Waals surface area contributed by atoms with E-state index in [1.165, 1.54) is 6.42 Å². The quantitative estimate of drug-likeness (QED) is 0.593. The molecular formula is C10H16N2OS. The molecule has 1 amide bonds. The molecule has 2 atom stereocenters. The van der Waals surface area contributed by atoms with Crippen molar-refractivity contribution in [2.75, 3.05) is 0 Å². The van der Waals surface area contributed by atoms with Gasteiger partial charge in [-0.3, -0.25) is 4.79 Å². The Labute approximate surface area is 89.6 Å². The Hall–Kier alpha value is -0.640. The minimum Gasteiger partial charge on any atom is -0.348 e. The molecule has 3 nitrogen and oxygen atoms in total. The molecule has 1 saturated heterocycles. The van der Waals surface area contributed by atoms with Gasteiger partial charge in [0.05, 0.1) is 0 Å². The lowest BCUT2D eigenvalue weighted by Crippen LogP contribution is -2.51. The summed E-state index contributed by atoms with van der Waals surface area (Å²) in [6, 6.07) is 0. The highest BCUT2D eigenvalue weighted by atomic mass is 32.1. The molecule has 14 heavy (non-hydrogen) atoms. The van der Waals surface area contributed by atoms with Crippen molar-refractivity contribution in [2.24, 2.45) is 11.8 Å². The first kappa shape index (κ1) is 9.90. The first-order chi connectivity index (χ1) is 6.52. The van der Waals surface area contributed by atoms with Crippen LogP contribution < -0.4 is 10.6 Å². The van der Waals surface area contributed by atoms with Crippen LogP contribution in [-0.4, -0.2) is 16.6 Å². The average molecular weight is 212 g/mol. The van der Waals surface area contributed by atoms with Gasteiger partial charge in [-0.15, -0.1) is 0 Å². The summed E-state index contributed by atoms with van der Waals surface area (Å²) < 4.78 is 0. The van der Waals surface area contributed by atoms with E-state index in [0.717, 1.165) is 12.8 Å². The highest BCUT2D eigenvalue weighted by Gasteiger charge is 2.48. The van der Waals surface area contributed by atoms with Crippen LogP contribution >= 0.6 is 12.2 Å². The van der Waals surface area contributed by atoms with Crippen molar-refractivity contribution >= 4 is 23.2 Å². The Bertz CT molecular complexity index is 280. The molecule has 2 unspecified atom stereocenters. The van der Waals surface area contributed by atoms with Crippen LogP contribution in [0.4, 0.5) is 0 Å². The maximum atomic E-state index is 11.8. The number of rotatable bonds is 0. The molecule has 2 fully saturated rings. The van der Waals surface area contributed by atoms with Crippen LogP contribution in [0.5, 0.6) is 0 Å². The van der Waals surface area contributed by atoms with E-state index in [4.69, 9.17) is 12.2 Å². The van der Waals surface area contributed by atoms with Crippen LogP contribution in [0.15, 0.2) is 0 Å². The van der Waals surface area contributed by atoms with Crippen molar-refractivity contribution in [1.29, 1.82) is 0 Å². The van der Waals surface area contributed by atoms with Gasteiger partial charge in [0.1, 0.15) is 5.54 Å². The second kappa shape index (κ2) is 3.19. The van der Waals surface area contributed by atoms with Crippen molar-refractivity contribution in [3.63, 3.8) is 0 Å². The zero-order valence-electron chi connectivity index (χ0n) is 8.59. The van der Waals surface area contributed by atoms with Gasteiger partial charge in [-0.1, -0.05) is 13.8 Å². The van der Waals surface area contributed by atoms with Crippen LogP contribution in [0.1, 0.15) is 33.1 Å². The predicted octanol–water partition coefficient (Wildman–Crippen LogP) is 1.19. The van der Waals surface area contributed by atoms with E-state index in [9.17, 15) is 4.79 Å². The molecule has 1 spiro atoms. The fraction of sp³-hybridized carbons (Fsp3) is 0.800. The minimum atomic E-state index is -0.395. The molecule has 0 aromatic rings. The molecule has 0 bridgehead atoms. The molecule has 2 aliphatic rings. The fourth-order valence-electron chi connectivity index (χ4n) is 2.94. The molecule has 2 rings (SSSR count).